The van der Waals surface area contributed by atoms with Gasteiger partial charge in [0.25, 0.3) is 0 Å². The molecule has 3 aromatic rings. The van der Waals surface area contributed by atoms with Crippen LogP contribution in [0.3, 0.4) is 0 Å². The summed E-state index contributed by atoms with van der Waals surface area (Å²) in [4.78, 5) is 14.3. The molecule has 19 heavy (non-hydrogen) atoms. The second kappa shape index (κ2) is 4.09. The maximum absolute atomic E-state index is 10.6. The third-order valence-corrected chi connectivity index (χ3v) is 3.26. The van der Waals surface area contributed by atoms with Crippen LogP contribution in [0.2, 0.25) is 0 Å². The number of hydrogen-bond donors (Lipinski definition) is 1. The zero-order chi connectivity index (χ0) is 13.6. The molecule has 3 rings (SSSR count). The molecule has 2 N–H and O–H groups in total. The van der Waals surface area contributed by atoms with Crippen molar-refractivity contribution in [3.63, 3.8) is 0 Å². The van der Waals surface area contributed by atoms with Crippen molar-refractivity contribution < 1.29 is 9.34 Å². The molecule has 8 heteroatoms. The molecule has 0 aliphatic rings. The summed E-state index contributed by atoms with van der Waals surface area (Å²) in [5, 5.41) is 10.6. The van der Waals surface area contributed by atoms with Gasteiger partial charge in [-0.2, -0.15) is 0 Å². The number of aromatic nitrogens is 2. The fourth-order valence-electron chi connectivity index (χ4n) is 1.79. The number of anilines is 1. The Labute approximate surface area is 114 Å². The molecule has 0 fully saturated rings. The molecule has 0 amide bonds. The summed E-state index contributed by atoms with van der Waals surface area (Å²) in [6, 6.07) is 6.39. The fraction of sp³-hybridized carbons (Fsp3) is 0. The van der Waals surface area contributed by atoms with Crippen LogP contribution in [0.15, 0.2) is 39.4 Å². The molecule has 0 saturated heterocycles. The molecule has 0 atom stereocenters. The Balaban J connectivity index is 2.22. The summed E-state index contributed by atoms with van der Waals surface area (Å²) in [6.45, 7) is 0. The molecular formula is C11H7BrN4O3. The van der Waals surface area contributed by atoms with Gasteiger partial charge in [-0.15, -0.1) is 0 Å². The average molecular weight is 323 g/mol. The second-order valence-corrected chi connectivity index (χ2v) is 4.64. The molecule has 7 nitrogen and oxygen atoms in total. The molecule has 96 valence electrons. The van der Waals surface area contributed by atoms with Crippen LogP contribution in [-0.4, -0.2) is 14.3 Å². The normalized spacial score (nSPS) is 11.0. The van der Waals surface area contributed by atoms with Crippen molar-refractivity contribution in [3.8, 4) is 11.5 Å². The van der Waals surface area contributed by atoms with E-state index in [2.05, 4.69) is 20.9 Å². The Hall–Kier alpha value is -2.35. The first-order chi connectivity index (χ1) is 9.08. The zero-order valence-corrected chi connectivity index (χ0v) is 11.0. The molecule has 0 spiro atoms. The molecule has 0 aliphatic heterocycles. The van der Waals surface area contributed by atoms with E-state index in [-0.39, 0.29) is 11.6 Å². The summed E-state index contributed by atoms with van der Waals surface area (Å²) in [7, 11) is 0. The maximum Gasteiger partial charge on any atom is 0.433 e. The van der Waals surface area contributed by atoms with E-state index >= 15 is 0 Å². The van der Waals surface area contributed by atoms with Crippen LogP contribution in [0, 0.1) is 10.1 Å². The summed E-state index contributed by atoms with van der Waals surface area (Å²) in [6.07, 6.45) is 1.75. The standard InChI is InChI=1S/C11H7BrN4O3/c12-6-2-1-5-15-10(13)9(14-11(6)15)7-3-4-8(19-7)16(17)18/h1-5H,13H2. The number of halogens is 1. The first kappa shape index (κ1) is 11.7. The average Bonchev–Trinajstić information content (AvgIpc) is 2.96. The highest BCUT2D eigenvalue weighted by Crippen LogP contribution is 2.32. The van der Waals surface area contributed by atoms with E-state index in [9.17, 15) is 10.1 Å². The molecule has 3 heterocycles. The lowest BCUT2D eigenvalue weighted by Gasteiger charge is -1.96. The minimum Gasteiger partial charge on any atom is -0.399 e. The van der Waals surface area contributed by atoms with E-state index in [0.29, 0.717) is 17.2 Å². The summed E-state index contributed by atoms with van der Waals surface area (Å²) in [5.41, 5.74) is 6.97. The highest BCUT2D eigenvalue weighted by Gasteiger charge is 2.19. The van der Waals surface area contributed by atoms with Gasteiger partial charge in [0, 0.05) is 6.20 Å². The Morgan fingerprint density at radius 3 is 2.84 bits per heavy atom. The molecule has 0 saturated carbocycles. The van der Waals surface area contributed by atoms with E-state index in [4.69, 9.17) is 10.2 Å². The first-order valence-electron chi connectivity index (χ1n) is 5.24. The van der Waals surface area contributed by atoms with Crippen LogP contribution in [0.1, 0.15) is 0 Å². The SMILES string of the molecule is Nc1c(-c2ccc([N+](=O)[O-])o2)nc2c(Br)cccn12. The van der Waals surface area contributed by atoms with Crippen LogP contribution in [0.4, 0.5) is 11.7 Å². The van der Waals surface area contributed by atoms with Crippen LogP contribution in [0.25, 0.3) is 17.1 Å². The Bertz CT molecular complexity index is 792. The number of nitrogen functional groups attached to an aromatic ring is 1. The third-order valence-electron chi connectivity index (χ3n) is 2.64. The smallest absolute Gasteiger partial charge is 0.399 e. The van der Waals surface area contributed by atoms with Gasteiger partial charge in [-0.3, -0.25) is 14.5 Å². The molecule has 0 radical (unpaired) electrons. The van der Waals surface area contributed by atoms with Crippen LogP contribution in [0.5, 0.6) is 0 Å². The van der Waals surface area contributed by atoms with Crippen molar-refractivity contribution in [3.05, 3.63) is 45.0 Å². The Morgan fingerprint density at radius 1 is 1.42 bits per heavy atom. The highest BCUT2D eigenvalue weighted by molar-refractivity contribution is 9.10. The predicted octanol–water partition coefficient (Wildman–Crippen LogP) is 2.85. The summed E-state index contributed by atoms with van der Waals surface area (Å²) >= 11 is 3.37. The minimum absolute atomic E-state index is 0.264. The lowest BCUT2D eigenvalue weighted by Crippen LogP contribution is -1.93. The van der Waals surface area contributed by atoms with Crippen LogP contribution >= 0.6 is 15.9 Å². The highest BCUT2D eigenvalue weighted by atomic mass is 79.9. The number of rotatable bonds is 2. The lowest BCUT2D eigenvalue weighted by atomic mass is 10.3. The van der Waals surface area contributed by atoms with Gasteiger partial charge in [0.1, 0.15) is 16.4 Å². The Kier molecular flexibility index (Phi) is 2.53. The molecule has 3 aromatic heterocycles. The van der Waals surface area contributed by atoms with Crippen molar-refractivity contribution >= 4 is 33.3 Å². The van der Waals surface area contributed by atoms with E-state index in [1.54, 1.807) is 10.6 Å². The van der Waals surface area contributed by atoms with Gasteiger partial charge in [0.05, 0.1) is 10.5 Å². The molecule has 0 aromatic carbocycles. The van der Waals surface area contributed by atoms with Crippen molar-refractivity contribution in [1.82, 2.24) is 9.38 Å². The van der Waals surface area contributed by atoms with E-state index in [0.717, 1.165) is 4.47 Å². The van der Waals surface area contributed by atoms with Crippen molar-refractivity contribution in [2.24, 2.45) is 0 Å². The number of fused-ring (bicyclic) bond motifs is 1. The van der Waals surface area contributed by atoms with Gasteiger partial charge in [-0.25, -0.2) is 4.98 Å². The van der Waals surface area contributed by atoms with Gasteiger partial charge in [0.2, 0.25) is 0 Å². The van der Waals surface area contributed by atoms with Gasteiger partial charge in [-0.05, 0) is 34.1 Å². The van der Waals surface area contributed by atoms with Crippen molar-refractivity contribution in [2.75, 3.05) is 5.73 Å². The topological polar surface area (TPSA) is 99.6 Å². The number of nitrogens with two attached hydrogens (primary N) is 1. The third kappa shape index (κ3) is 1.76. The molecule has 0 aliphatic carbocycles. The summed E-state index contributed by atoms with van der Waals surface area (Å²) < 4.78 is 7.56. The Morgan fingerprint density at radius 2 is 2.21 bits per heavy atom. The van der Waals surface area contributed by atoms with Crippen LogP contribution in [-0.2, 0) is 0 Å². The van der Waals surface area contributed by atoms with E-state index < -0.39 is 4.92 Å². The number of imidazole rings is 1. The minimum atomic E-state index is -0.606. The fourth-order valence-corrected chi connectivity index (χ4v) is 2.22. The van der Waals surface area contributed by atoms with E-state index in [1.165, 1.54) is 12.1 Å². The molecule has 0 unspecified atom stereocenters. The monoisotopic (exact) mass is 322 g/mol. The number of hydrogen-bond acceptors (Lipinski definition) is 5. The van der Waals surface area contributed by atoms with Gasteiger partial charge >= 0.3 is 5.88 Å². The van der Waals surface area contributed by atoms with Crippen molar-refractivity contribution in [1.29, 1.82) is 0 Å². The summed E-state index contributed by atoms with van der Waals surface area (Å²) in [5.74, 6) is 0.283. The van der Waals surface area contributed by atoms with Crippen molar-refractivity contribution in [2.45, 2.75) is 0 Å². The maximum atomic E-state index is 10.6. The van der Waals surface area contributed by atoms with Gasteiger partial charge < -0.3 is 10.2 Å². The quantitative estimate of drug-likeness (QED) is 0.577. The number of nitro groups is 1. The van der Waals surface area contributed by atoms with Gasteiger partial charge in [0.15, 0.2) is 11.4 Å². The lowest BCUT2D eigenvalue weighted by molar-refractivity contribution is -0.401. The van der Waals surface area contributed by atoms with E-state index in [1.807, 2.05) is 12.1 Å². The first-order valence-corrected chi connectivity index (χ1v) is 6.04. The molecule has 0 bridgehead atoms. The van der Waals surface area contributed by atoms with Gasteiger partial charge in [-0.1, -0.05) is 0 Å². The largest absolute Gasteiger partial charge is 0.433 e. The second-order valence-electron chi connectivity index (χ2n) is 3.79. The molecular weight excluding hydrogens is 316 g/mol. The number of furan rings is 1. The zero-order valence-electron chi connectivity index (χ0n) is 9.41. The van der Waals surface area contributed by atoms with Crippen LogP contribution < -0.4 is 5.73 Å². The number of nitrogens with zero attached hydrogens (tertiary/aromatic N) is 3. The predicted molar refractivity (Wildman–Crippen MR) is 71.7 cm³/mol. The number of pyridine rings is 1.